The predicted molar refractivity (Wildman–Crippen MR) is 167 cm³/mol. The van der Waals surface area contributed by atoms with E-state index in [0.29, 0.717) is 19.4 Å². The summed E-state index contributed by atoms with van der Waals surface area (Å²) in [6, 6.07) is 3.94. The molecule has 2 bridgehead atoms. The summed E-state index contributed by atoms with van der Waals surface area (Å²) in [7, 11) is -3.58. The number of aliphatic hydroxyl groups is 2. The van der Waals surface area contributed by atoms with Crippen LogP contribution in [0, 0.1) is 40.4 Å². The largest absolute Gasteiger partial charge is 0.393 e. The van der Waals surface area contributed by atoms with E-state index in [9.17, 15) is 23.4 Å². The van der Waals surface area contributed by atoms with E-state index in [4.69, 9.17) is 4.74 Å². The lowest BCUT2D eigenvalue weighted by Crippen LogP contribution is -2.67. The topological polar surface area (TPSA) is 104 Å². The molecule has 2 heterocycles. The zero-order valence-electron chi connectivity index (χ0n) is 26.0. The molecular weight excluding hydrogens is 583 g/mol. The molecule has 8 rings (SSSR count). The van der Waals surface area contributed by atoms with Crippen LogP contribution in [0.4, 0.5) is 0 Å². The maximum atomic E-state index is 14.5. The van der Waals surface area contributed by atoms with Crippen molar-refractivity contribution >= 4 is 27.1 Å². The molecule has 1 unspecified atom stereocenters. The number of hydrogen-bond donors (Lipinski definition) is 2. The van der Waals surface area contributed by atoms with Gasteiger partial charge in [0, 0.05) is 46.4 Å². The van der Waals surface area contributed by atoms with Crippen LogP contribution in [-0.4, -0.2) is 72.5 Å². The zero-order chi connectivity index (χ0) is 30.6. The van der Waals surface area contributed by atoms with Crippen molar-refractivity contribution in [3.63, 3.8) is 0 Å². The molecule has 1 aromatic rings. The lowest BCUT2D eigenvalue weighted by Gasteiger charge is -2.71. The predicted octanol–water partition coefficient (Wildman–Crippen LogP) is 5.27. The van der Waals surface area contributed by atoms with Crippen molar-refractivity contribution in [2.75, 3.05) is 26.0 Å². The number of carbonyl (C=O) groups excluding carboxylic acids is 1. The number of aryl methyl sites for hydroxylation is 1. The van der Waals surface area contributed by atoms with Crippen LogP contribution in [0.5, 0.6) is 0 Å². The third kappa shape index (κ3) is 4.17. The molecule has 7 nitrogen and oxygen atoms in total. The van der Waals surface area contributed by atoms with Crippen LogP contribution in [0.3, 0.4) is 0 Å². The number of nitrogens with zero attached hydrogens (tertiary/aromatic N) is 1. The second kappa shape index (κ2) is 9.82. The van der Waals surface area contributed by atoms with Gasteiger partial charge in [0.1, 0.15) is 0 Å². The third-order valence-electron chi connectivity index (χ3n) is 13.3. The molecule has 6 aliphatic carbocycles. The molecule has 2 spiro atoms. The molecule has 2 N–H and O–H groups in total. The summed E-state index contributed by atoms with van der Waals surface area (Å²) < 4.78 is 33.4. The molecule has 236 valence electrons. The van der Waals surface area contributed by atoms with Gasteiger partial charge >= 0.3 is 0 Å². The van der Waals surface area contributed by atoms with Gasteiger partial charge in [-0.1, -0.05) is 32.1 Å². The molecule has 43 heavy (non-hydrogen) atoms. The summed E-state index contributed by atoms with van der Waals surface area (Å²) in [5, 5.41) is 23.5. The standard InChI is InChI=1S/C34H47NO6S2/c1-22-7-8-26(42-22)29(37)25-19-32-15-16-34(25)27(30(32,2)12-9-23(36)18-32)10-13-31(3)28(34)11-14-33(31,38)21-35(43(4,39)40)20-24-6-5-17-41-24/h7-8,15-16,19,23-24,27-28,36,38H,5-6,9-14,17-18,20-21H2,1-4H3/t23?,24-,27-,28-,30-,31+,32+,33-,34-/m1/s1. The van der Waals surface area contributed by atoms with Gasteiger partial charge < -0.3 is 14.9 Å². The monoisotopic (exact) mass is 629 g/mol. The number of aliphatic hydroxyl groups excluding tert-OH is 1. The number of ketones is 1. The first kappa shape index (κ1) is 30.3. The van der Waals surface area contributed by atoms with Gasteiger partial charge in [-0.05, 0) is 94.1 Å². The maximum absolute atomic E-state index is 14.5. The molecule has 9 heteroatoms. The van der Waals surface area contributed by atoms with E-state index in [1.807, 2.05) is 19.1 Å². The van der Waals surface area contributed by atoms with Gasteiger partial charge in [-0.15, -0.1) is 11.3 Å². The van der Waals surface area contributed by atoms with E-state index in [0.717, 1.165) is 60.3 Å². The maximum Gasteiger partial charge on any atom is 0.211 e. The molecule has 7 aliphatic rings. The second-order valence-corrected chi connectivity index (χ2v) is 18.5. The van der Waals surface area contributed by atoms with E-state index >= 15 is 0 Å². The highest BCUT2D eigenvalue weighted by Crippen LogP contribution is 2.78. The lowest BCUT2D eigenvalue weighted by atomic mass is 9.32. The normalized spacial score (nSPS) is 45.1. The second-order valence-electron chi connectivity index (χ2n) is 15.2. The number of sulfonamides is 1. The Bertz CT molecular complexity index is 1490. The van der Waals surface area contributed by atoms with Gasteiger partial charge in [-0.3, -0.25) is 4.79 Å². The first-order chi connectivity index (χ1) is 20.2. The lowest BCUT2D eigenvalue weighted by molar-refractivity contribution is -0.174. The minimum absolute atomic E-state index is 0.0117. The Labute approximate surface area is 260 Å². The molecule has 0 aromatic carbocycles. The van der Waals surface area contributed by atoms with Crippen LogP contribution in [0.1, 0.15) is 86.2 Å². The van der Waals surface area contributed by atoms with Crippen LogP contribution >= 0.6 is 11.3 Å². The number of Topliss-reactive ketones (excluding diaryl/α,β-unsaturated/α-hetero) is 1. The number of carbonyl (C=O) groups is 1. The number of rotatable bonds is 7. The van der Waals surface area contributed by atoms with Gasteiger partial charge in [-0.2, -0.15) is 4.31 Å². The highest BCUT2D eigenvalue weighted by atomic mass is 32.2. The Morgan fingerprint density at radius 2 is 1.79 bits per heavy atom. The highest BCUT2D eigenvalue weighted by molar-refractivity contribution is 7.88. The summed E-state index contributed by atoms with van der Waals surface area (Å²) in [5.74, 6) is 0.271. The smallest absolute Gasteiger partial charge is 0.211 e. The Kier molecular flexibility index (Phi) is 6.92. The number of allylic oxidation sites excluding steroid dienone is 4. The third-order valence-corrected chi connectivity index (χ3v) is 15.5. The number of thiophene rings is 1. The van der Waals surface area contributed by atoms with Crippen molar-refractivity contribution in [1.82, 2.24) is 4.31 Å². The van der Waals surface area contributed by atoms with Crippen LogP contribution in [-0.2, 0) is 14.8 Å². The van der Waals surface area contributed by atoms with Crippen molar-refractivity contribution in [1.29, 1.82) is 0 Å². The van der Waals surface area contributed by atoms with Gasteiger partial charge in [0.25, 0.3) is 0 Å². The van der Waals surface area contributed by atoms with E-state index in [2.05, 4.69) is 32.1 Å². The van der Waals surface area contributed by atoms with Gasteiger partial charge in [0.2, 0.25) is 10.0 Å². The van der Waals surface area contributed by atoms with Crippen molar-refractivity contribution in [2.24, 2.45) is 33.5 Å². The minimum atomic E-state index is -3.58. The molecule has 4 fully saturated rings. The molecule has 1 aromatic heterocycles. The molecule has 0 amide bonds. The summed E-state index contributed by atoms with van der Waals surface area (Å²) in [5.41, 5.74) is -1.98. The van der Waals surface area contributed by atoms with E-state index < -0.39 is 32.6 Å². The summed E-state index contributed by atoms with van der Waals surface area (Å²) in [6.07, 6.45) is 14.5. The quantitative estimate of drug-likeness (QED) is 0.315. The van der Waals surface area contributed by atoms with Gasteiger partial charge in [0.05, 0.1) is 28.9 Å². The SMILES string of the molecule is Cc1ccc(C(=O)C2=C[C@@]34C=C[C@@]25[C@@H]2CC[C@@](O)(CN(C[C@H]6CCCO6)S(C)(=O)=O)[C@@]2(C)CC[C@@H]5[C@@]3(C)CCC(O)C4)s1. The summed E-state index contributed by atoms with van der Waals surface area (Å²) in [6.45, 7) is 7.53. The van der Waals surface area contributed by atoms with Gasteiger partial charge in [0.15, 0.2) is 5.78 Å². The molecule has 0 radical (unpaired) electrons. The van der Waals surface area contributed by atoms with Crippen molar-refractivity contribution in [3.8, 4) is 0 Å². The Morgan fingerprint density at radius 3 is 2.47 bits per heavy atom. The molecule has 1 aliphatic heterocycles. The van der Waals surface area contributed by atoms with Crippen molar-refractivity contribution < 1.29 is 28.2 Å². The summed E-state index contributed by atoms with van der Waals surface area (Å²) >= 11 is 1.53. The fraction of sp³-hybridized carbons (Fsp3) is 0.735. The Morgan fingerprint density at radius 1 is 1.07 bits per heavy atom. The Hall–Kier alpha value is -1.36. The Balaban J connectivity index is 1.32. The highest BCUT2D eigenvalue weighted by Gasteiger charge is 2.74. The van der Waals surface area contributed by atoms with E-state index in [-0.39, 0.29) is 47.6 Å². The van der Waals surface area contributed by atoms with Crippen LogP contribution < -0.4 is 0 Å². The first-order valence-corrected chi connectivity index (χ1v) is 18.9. The fourth-order valence-electron chi connectivity index (χ4n) is 10.9. The average molecular weight is 630 g/mol. The number of ether oxygens (including phenoxy) is 1. The zero-order valence-corrected chi connectivity index (χ0v) is 27.6. The van der Waals surface area contributed by atoms with Gasteiger partial charge in [-0.25, -0.2) is 8.42 Å². The minimum Gasteiger partial charge on any atom is -0.393 e. The fourth-order valence-corrected chi connectivity index (χ4v) is 12.6. The van der Waals surface area contributed by atoms with Crippen molar-refractivity contribution in [2.45, 2.75) is 96.4 Å². The average Bonchev–Trinajstić information content (AvgIpc) is 3.67. The molecule has 3 saturated carbocycles. The first-order valence-electron chi connectivity index (χ1n) is 16.2. The van der Waals surface area contributed by atoms with E-state index in [1.54, 1.807) is 0 Å². The molecule has 1 saturated heterocycles. The number of fused-ring (bicyclic) bond motifs is 1. The number of hydrogen-bond acceptors (Lipinski definition) is 7. The molecule has 9 atom stereocenters. The van der Waals surface area contributed by atoms with Crippen LogP contribution in [0.2, 0.25) is 0 Å². The van der Waals surface area contributed by atoms with E-state index in [1.165, 1.54) is 21.9 Å². The summed E-state index contributed by atoms with van der Waals surface area (Å²) in [4.78, 5) is 16.4. The van der Waals surface area contributed by atoms with Crippen LogP contribution in [0.25, 0.3) is 0 Å². The molecular formula is C34H47NO6S2. The van der Waals surface area contributed by atoms with Crippen LogP contribution in [0.15, 0.2) is 35.9 Å². The van der Waals surface area contributed by atoms with Crippen molar-refractivity contribution in [3.05, 3.63) is 45.7 Å².